The molecule has 1 aromatic carbocycles. The Morgan fingerprint density at radius 1 is 1.14 bits per heavy atom. The molecule has 6 nitrogen and oxygen atoms in total. The van der Waals surface area contributed by atoms with Crippen molar-refractivity contribution in [3.63, 3.8) is 0 Å². The molecule has 0 radical (unpaired) electrons. The predicted octanol–water partition coefficient (Wildman–Crippen LogP) is 2.35. The minimum absolute atomic E-state index is 0.360. The van der Waals surface area contributed by atoms with Gasteiger partial charge < -0.3 is 10.1 Å². The van der Waals surface area contributed by atoms with E-state index in [0.29, 0.717) is 0 Å². The van der Waals surface area contributed by atoms with Crippen molar-refractivity contribution >= 4 is 17.7 Å². The summed E-state index contributed by atoms with van der Waals surface area (Å²) in [5, 5.41) is 2.47. The van der Waals surface area contributed by atoms with Crippen molar-refractivity contribution < 1.29 is 14.3 Å². The van der Waals surface area contributed by atoms with Crippen LogP contribution in [0.15, 0.2) is 24.3 Å². The Labute approximate surface area is 125 Å². The summed E-state index contributed by atoms with van der Waals surface area (Å²) in [5.74, 6) is -0.360. The second kappa shape index (κ2) is 6.97. The zero-order valence-corrected chi connectivity index (χ0v) is 13.1. The molecule has 0 heterocycles. The molecular weight excluding hydrogens is 270 g/mol. The molecule has 0 saturated heterocycles. The minimum atomic E-state index is -0.710. The summed E-state index contributed by atoms with van der Waals surface area (Å²) in [5.41, 5.74) is 6.61. The summed E-state index contributed by atoms with van der Waals surface area (Å²) in [6, 6.07) is 6.84. The van der Waals surface area contributed by atoms with Gasteiger partial charge in [0.25, 0.3) is 5.91 Å². The molecule has 1 aromatic rings. The lowest BCUT2D eigenvalue weighted by Crippen LogP contribution is -2.47. The largest absolute Gasteiger partial charge is 0.444 e. The molecule has 21 heavy (non-hydrogen) atoms. The Bertz CT molecular complexity index is 492. The minimum Gasteiger partial charge on any atom is -0.444 e. The van der Waals surface area contributed by atoms with E-state index in [1.165, 1.54) is 0 Å². The second-order valence-corrected chi connectivity index (χ2v) is 5.85. The molecule has 0 spiro atoms. The number of ether oxygens (including phenoxy) is 1. The molecule has 6 heteroatoms. The van der Waals surface area contributed by atoms with Crippen LogP contribution < -0.4 is 16.2 Å². The van der Waals surface area contributed by atoms with Gasteiger partial charge in [-0.3, -0.25) is 15.6 Å². The second-order valence-electron chi connectivity index (χ2n) is 5.85. The number of benzene rings is 1. The number of amides is 2. The molecule has 0 aliphatic heterocycles. The van der Waals surface area contributed by atoms with E-state index < -0.39 is 17.7 Å². The number of nitrogens with one attached hydrogen (secondary N) is 3. The monoisotopic (exact) mass is 293 g/mol. The number of hydrogen-bond donors (Lipinski definition) is 3. The molecule has 1 unspecified atom stereocenters. The quantitative estimate of drug-likeness (QED) is 0.745. The first kappa shape index (κ1) is 16.8. The van der Waals surface area contributed by atoms with Gasteiger partial charge in [0, 0.05) is 0 Å². The lowest BCUT2D eigenvalue weighted by Gasteiger charge is -2.21. The highest BCUT2D eigenvalue weighted by Crippen LogP contribution is 2.08. The first-order valence-corrected chi connectivity index (χ1v) is 6.79. The van der Waals surface area contributed by atoms with Crippen molar-refractivity contribution in [1.82, 2.24) is 10.7 Å². The summed E-state index contributed by atoms with van der Waals surface area (Å²) >= 11 is 0. The van der Waals surface area contributed by atoms with Crippen molar-refractivity contribution in [2.75, 3.05) is 5.43 Å². The summed E-state index contributed by atoms with van der Waals surface area (Å²) in [7, 11) is 0. The molecule has 0 aromatic heterocycles. The van der Waals surface area contributed by atoms with E-state index >= 15 is 0 Å². The Hall–Kier alpha value is -2.24. The summed E-state index contributed by atoms with van der Waals surface area (Å²) < 4.78 is 5.08. The van der Waals surface area contributed by atoms with Crippen LogP contribution in [0.3, 0.4) is 0 Å². The van der Waals surface area contributed by atoms with Crippen LogP contribution in [0.5, 0.6) is 0 Å². The van der Waals surface area contributed by atoms with Gasteiger partial charge in [-0.1, -0.05) is 17.7 Å². The molecule has 0 bridgehead atoms. The number of anilines is 1. The van der Waals surface area contributed by atoms with Crippen LogP contribution in [0.4, 0.5) is 10.5 Å². The fraction of sp³-hybridized carbons (Fsp3) is 0.467. The van der Waals surface area contributed by atoms with Gasteiger partial charge in [-0.05, 0) is 46.8 Å². The van der Waals surface area contributed by atoms with Crippen LogP contribution in [-0.4, -0.2) is 23.6 Å². The number of aryl methyl sites for hydroxylation is 1. The Morgan fingerprint density at radius 2 is 1.71 bits per heavy atom. The highest BCUT2D eigenvalue weighted by Gasteiger charge is 2.20. The van der Waals surface area contributed by atoms with Crippen molar-refractivity contribution in [2.24, 2.45) is 0 Å². The number of carbonyl (C=O) groups is 2. The predicted molar refractivity (Wildman–Crippen MR) is 81.8 cm³/mol. The first-order valence-electron chi connectivity index (χ1n) is 6.79. The van der Waals surface area contributed by atoms with E-state index in [0.717, 1.165) is 11.3 Å². The molecule has 116 valence electrons. The van der Waals surface area contributed by atoms with Crippen molar-refractivity contribution in [3.05, 3.63) is 29.8 Å². The Morgan fingerprint density at radius 3 is 2.24 bits per heavy atom. The summed E-state index contributed by atoms with van der Waals surface area (Å²) in [4.78, 5) is 23.4. The van der Waals surface area contributed by atoms with Gasteiger partial charge >= 0.3 is 6.09 Å². The molecule has 0 aliphatic rings. The van der Waals surface area contributed by atoms with Crippen molar-refractivity contribution in [1.29, 1.82) is 0 Å². The number of rotatable bonds is 4. The maximum atomic E-state index is 11.8. The fourth-order valence-corrected chi connectivity index (χ4v) is 1.43. The number of hydrogen-bond acceptors (Lipinski definition) is 4. The zero-order chi connectivity index (χ0) is 16.0. The van der Waals surface area contributed by atoms with E-state index in [1.807, 2.05) is 31.2 Å². The number of alkyl carbamates (subject to hydrolysis) is 1. The molecule has 3 N–H and O–H groups in total. The molecule has 2 amide bonds. The van der Waals surface area contributed by atoms with Crippen LogP contribution in [0.25, 0.3) is 0 Å². The molecule has 0 fully saturated rings. The third-order valence-electron chi connectivity index (χ3n) is 2.51. The lowest BCUT2D eigenvalue weighted by atomic mass is 10.2. The Kier molecular flexibility index (Phi) is 5.58. The van der Waals surface area contributed by atoms with Gasteiger partial charge in [-0.25, -0.2) is 4.79 Å². The van der Waals surface area contributed by atoms with Crippen molar-refractivity contribution in [3.8, 4) is 0 Å². The van der Waals surface area contributed by atoms with Crippen LogP contribution in [0.1, 0.15) is 33.3 Å². The summed E-state index contributed by atoms with van der Waals surface area (Å²) in [6.45, 7) is 8.84. The van der Waals surface area contributed by atoms with Crippen LogP contribution in [-0.2, 0) is 9.53 Å². The smallest absolute Gasteiger partial charge is 0.408 e. The topological polar surface area (TPSA) is 79.5 Å². The van der Waals surface area contributed by atoms with Crippen LogP contribution >= 0.6 is 0 Å². The fourth-order valence-electron chi connectivity index (χ4n) is 1.43. The van der Waals surface area contributed by atoms with Crippen molar-refractivity contribution in [2.45, 2.75) is 46.3 Å². The molecule has 0 aliphatic carbocycles. The van der Waals surface area contributed by atoms with E-state index in [4.69, 9.17) is 4.74 Å². The standard InChI is InChI=1S/C15H23N3O3/c1-10-6-8-12(9-7-10)17-18-13(19)11(2)16-14(20)21-15(3,4)5/h6-9,11,17H,1-5H3,(H,16,20)(H,18,19). The van der Waals surface area contributed by atoms with Gasteiger partial charge in [0.1, 0.15) is 11.6 Å². The number of hydrazine groups is 1. The van der Waals surface area contributed by atoms with E-state index in [2.05, 4.69) is 16.2 Å². The average molecular weight is 293 g/mol. The first-order chi connectivity index (χ1) is 9.67. The van der Waals surface area contributed by atoms with E-state index in [1.54, 1.807) is 27.7 Å². The van der Waals surface area contributed by atoms with Gasteiger partial charge in [-0.15, -0.1) is 0 Å². The van der Waals surface area contributed by atoms with Gasteiger partial charge in [0.15, 0.2) is 0 Å². The van der Waals surface area contributed by atoms with Gasteiger partial charge in [0.2, 0.25) is 0 Å². The number of carbonyl (C=O) groups excluding carboxylic acids is 2. The molecule has 0 saturated carbocycles. The van der Waals surface area contributed by atoms with Crippen LogP contribution in [0.2, 0.25) is 0 Å². The highest BCUT2D eigenvalue weighted by molar-refractivity contribution is 5.86. The third-order valence-corrected chi connectivity index (χ3v) is 2.51. The SMILES string of the molecule is Cc1ccc(NNC(=O)C(C)NC(=O)OC(C)(C)C)cc1. The lowest BCUT2D eigenvalue weighted by molar-refractivity contribution is -0.122. The zero-order valence-electron chi connectivity index (χ0n) is 13.1. The molecule has 1 atom stereocenters. The van der Waals surface area contributed by atoms with Crippen LogP contribution in [0, 0.1) is 6.92 Å². The van der Waals surface area contributed by atoms with Gasteiger partial charge in [-0.2, -0.15) is 0 Å². The summed E-state index contributed by atoms with van der Waals surface area (Å²) in [6.07, 6.45) is -0.625. The third kappa shape index (κ3) is 6.65. The maximum Gasteiger partial charge on any atom is 0.408 e. The average Bonchev–Trinajstić information content (AvgIpc) is 2.35. The normalized spacial score (nSPS) is 12.2. The van der Waals surface area contributed by atoms with E-state index in [-0.39, 0.29) is 5.91 Å². The van der Waals surface area contributed by atoms with Gasteiger partial charge in [0.05, 0.1) is 5.69 Å². The molecular formula is C15H23N3O3. The molecule has 1 rings (SSSR count). The highest BCUT2D eigenvalue weighted by atomic mass is 16.6. The maximum absolute atomic E-state index is 11.8. The Balaban J connectivity index is 2.40. The van der Waals surface area contributed by atoms with E-state index in [9.17, 15) is 9.59 Å².